The van der Waals surface area contributed by atoms with Gasteiger partial charge in [-0.1, -0.05) is 18.8 Å². The van der Waals surface area contributed by atoms with E-state index in [2.05, 4.69) is 31.7 Å². The summed E-state index contributed by atoms with van der Waals surface area (Å²) in [7, 11) is 2.18. The average molecular weight is 221 g/mol. The Kier molecular flexibility index (Phi) is 2.80. The van der Waals surface area contributed by atoms with E-state index in [1.165, 1.54) is 19.3 Å². The van der Waals surface area contributed by atoms with Crippen LogP contribution in [0.4, 0.5) is 0 Å². The summed E-state index contributed by atoms with van der Waals surface area (Å²) in [5.41, 5.74) is -0.888. The van der Waals surface area contributed by atoms with Crippen molar-refractivity contribution in [3.8, 4) is 12.3 Å². The predicted molar refractivity (Wildman–Crippen MR) is 66.0 cm³/mol. The maximum Gasteiger partial charge on any atom is 0.131 e. The molecule has 0 bridgehead atoms. The molecular weight excluding hydrogens is 198 g/mol. The topological polar surface area (TPSA) is 23.5 Å². The summed E-state index contributed by atoms with van der Waals surface area (Å²) >= 11 is 0. The molecule has 2 aliphatic rings. The van der Waals surface area contributed by atoms with Crippen LogP contribution in [-0.4, -0.2) is 34.2 Å². The molecule has 1 N–H and O–H groups in total. The summed E-state index contributed by atoms with van der Waals surface area (Å²) in [5.74, 6) is 2.95. The Bertz CT molecular complexity index is 317. The van der Waals surface area contributed by atoms with Crippen LogP contribution in [0, 0.1) is 18.3 Å². The van der Waals surface area contributed by atoms with Crippen molar-refractivity contribution in [3.63, 3.8) is 0 Å². The summed E-state index contributed by atoms with van der Waals surface area (Å²) in [6.45, 7) is 4.36. The van der Waals surface area contributed by atoms with E-state index in [-0.39, 0.29) is 11.5 Å². The van der Waals surface area contributed by atoms with Gasteiger partial charge >= 0.3 is 0 Å². The molecule has 2 heteroatoms. The van der Waals surface area contributed by atoms with E-state index in [4.69, 9.17) is 6.42 Å². The number of hydrogen-bond donors (Lipinski definition) is 1. The number of rotatable bonds is 0. The first-order chi connectivity index (χ1) is 7.41. The number of nitrogens with zero attached hydrogens (tertiary/aromatic N) is 1. The first kappa shape index (κ1) is 12.0. The van der Waals surface area contributed by atoms with Gasteiger partial charge in [-0.3, -0.25) is 4.90 Å². The Hall–Kier alpha value is -0.520. The lowest BCUT2D eigenvalue weighted by Gasteiger charge is -2.56. The van der Waals surface area contributed by atoms with Crippen LogP contribution in [0.15, 0.2) is 0 Å². The summed E-state index contributed by atoms with van der Waals surface area (Å²) in [6.07, 6.45) is 11.0. The lowest BCUT2D eigenvalue weighted by Crippen LogP contribution is -2.65. The van der Waals surface area contributed by atoms with Gasteiger partial charge in [0, 0.05) is 23.9 Å². The highest BCUT2D eigenvalue weighted by atomic mass is 16.3. The van der Waals surface area contributed by atoms with Crippen molar-refractivity contribution in [2.45, 2.75) is 63.1 Å². The van der Waals surface area contributed by atoms with Gasteiger partial charge in [-0.15, -0.1) is 6.42 Å². The molecule has 3 unspecified atom stereocenters. The first-order valence-electron chi connectivity index (χ1n) is 6.34. The van der Waals surface area contributed by atoms with Crippen molar-refractivity contribution in [3.05, 3.63) is 0 Å². The second kappa shape index (κ2) is 3.75. The monoisotopic (exact) mass is 221 g/mol. The lowest BCUT2D eigenvalue weighted by molar-refractivity contribution is -0.122. The minimum Gasteiger partial charge on any atom is -0.377 e. The molecule has 90 valence electrons. The van der Waals surface area contributed by atoms with E-state index in [9.17, 15) is 5.11 Å². The van der Waals surface area contributed by atoms with Gasteiger partial charge in [0.1, 0.15) is 5.60 Å². The van der Waals surface area contributed by atoms with Crippen LogP contribution in [0.1, 0.15) is 46.0 Å². The standard InChI is InChI=1S/C14H23NO/c1-5-14(16)10-13(2,3)15(4)12-9-7-6-8-11(12)14/h1,11-12,16H,6-10H2,2-4H3. The SMILES string of the molecule is C#CC1(O)CC(C)(C)N(C)C2CCCCC21. The molecule has 2 nitrogen and oxygen atoms in total. The Morgan fingerprint density at radius 1 is 1.31 bits per heavy atom. The fraction of sp³-hybridized carbons (Fsp3) is 0.857. The maximum atomic E-state index is 10.7. The Labute approximate surface area is 99.0 Å². The molecule has 3 atom stereocenters. The number of hydrogen-bond acceptors (Lipinski definition) is 2. The molecule has 1 aliphatic heterocycles. The Balaban J connectivity index is 2.34. The quantitative estimate of drug-likeness (QED) is 0.633. The van der Waals surface area contributed by atoms with Crippen LogP contribution >= 0.6 is 0 Å². The maximum absolute atomic E-state index is 10.7. The molecule has 16 heavy (non-hydrogen) atoms. The highest BCUT2D eigenvalue weighted by Gasteiger charge is 2.52. The summed E-state index contributed by atoms with van der Waals surface area (Å²) in [5, 5.41) is 10.7. The molecule has 2 fully saturated rings. The van der Waals surface area contributed by atoms with Gasteiger partial charge in [0.15, 0.2) is 0 Å². The molecular formula is C14H23NO. The summed E-state index contributed by atoms with van der Waals surface area (Å²) < 4.78 is 0. The van der Waals surface area contributed by atoms with Crippen molar-refractivity contribution in [1.82, 2.24) is 4.90 Å². The zero-order valence-corrected chi connectivity index (χ0v) is 10.7. The largest absolute Gasteiger partial charge is 0.377 e. The smallest absolute Gasteiger partial charge is 0.131 e. The highest BCUT2D eigenvalue weighted by molar-refractivity contribution is 5.19. The van der Waals surface area contributed by atoms with Gasteiger partial charge in [0.05, 0.1) is 0 Å². The Morgan fingerprint density at radius 2 is 1.94 bits per heavy atom. The zero-order valence-electron chi connectivity index (χ0n) is 10.7. The van der Waals surface area contributed by atoms with Crippen LogP contribution in [0.5, 0.6) is 0 Å². The van der Waals surface area contributed by atoms with Crippen LogP contribution in [0.3, 0.4) is 0 Å². The number of aliphatic hydroxyl groups is 1. The van der Waals surface area contributed by atoms with Gasteiger partial charge in [0.2, 0.25) is 0 Å². The second-order valence-corrected chi connectivity index (χ2v) is 6.13. The minimum absolute atomic E-state index is 0.000370. The highest BCUT2D eigenvalue weighted by Crippen LogP contribution is 2.46. The van der Waals surface area contributed by atoms with Crippen molar-refractivity contribution < 1.29 is 5.11 Å². The molecule has 0 spiro atoms. The fourth-order valence-electron chi connectivity index (χ4n) is 3.65. The van der Waals surface area contributed by atoms with Gasteiger partial charge in [-0.05, 0) is 33.7 Å². The lowest BCUT2D eigenvalue weighted by atomic mass is 9.64. The number of terminal acetylenes is 1. The van der Waals surface area contributed by atoms with E-state index < -0.39 is 5.60 Å². The van der Waals surface area contributed by atoms with Gasteiger partial charge in [0.25, 0.3) is 0 Å². The van der Waals surface area contributed by atoms with E-state index in [0.29, 0.717) is 12.5 Å². The molecule has 0 radical (unpaired) electrons. The zero-order chi connectivity index (χ0) is 12.0. The predicted octanol–water partition coefficient (Wildman–Crippen LogP) is 2.02. The van der Waals surface area contributed by atoms with Gasteiger partial charge in [-0.25, -0.2) is 0 Å². The van der Waals surface area contributed by atoms with Crippen molar-refractivity contribution in [2.24, 2.45) is 5.92 Å². The number of piperidine rings is 1. The van der Waals surface area contributed by atoms with Crippen molar-refractivity contribution in [2.75, 3.05) is 7.05 Å². The van der Waals surface area contributed by atoms with Crippen LogP contribution < -0.4 is 0 Å². The third-order valence-electron chi connectivity index (χ3n) is 4.75. The third-order valence-corrected chi connectivity index (χ3v) is 4.75. The van der Waals surface area contributed by atoms with E-state index in [1.54, 1.807) is 0 Å². The normalized spacial score (nSPS) is 43.4. The molecule has 1 aliphatic carbocycles. The first-order valence-corrected chi connectivity index (χ1v) is 6.34. The molecule has 0 aromatic heterocycles. The fourth-order valence-corrected chi connectivity index (χ4v) is 3.65. The van der Waals surface area contributed by atoms with Gasteiger partial charge in [-0.2, -0.15) is 0 Å². The van der Waals surface area contributed by atoms with E-state index >= 15 is 0 Å². The van der Waals surface area contributed by atoms with E-state index in [1.807, 2.05) is 0 Å². The van der Waals surface area contributed by atoms with Gasteiger partial charge < -0.3 is 5.11 Å². The van der Waals surface area contributed by atoms with Crippen molar-refractivity contribution >= 4 is 0 Å². The number of likely N-dealkylation sites (tertiary alicyclic amines) is 1. The Morgan fingerprint density at radius 3 is 2.56 bits per heavy atom. The molecule has 0 aromatic rings. The minimum atomic E-state index is -0.888. The van der Waals surface area contributed by atoms with Crippen LogP contribution in [-0.2, 0) is 0 Å². The number of fused-ring (bicyclic) bond motifs is 1. The molecule has 1 saturated heterocycles. The van der Waals surface area contributed by atoms with Crippen LogP contribution in [0.25, 0.3) is 0 Å². The second-order valence-electron chi connectivity index (χ2n) is 6.13. The summed E-state index contributed by atoms with van der Waals surface area (Å²) in [4.78, 5) is 2.43. The average Bonchev–Trinajstić information content (AvgIpc) is 2.26. The molecule has 1 heterocycles. The van der Waals surface area contributed by atoms with E-state index in [0.717, 1.165) is 6.42 Å². The molecule has 1 saturated carbocycles. The van der Waals surface area contributed by atoms with Crippen molar-refractivity contribution in [1.29, 1.82) is 0 Å². The molecule has 2 rings (SSSR count). The summed E-state index contributed by atoms with van der Waals surface area (Å²) in [6, 6.07) is 0.457. The molecule has 0 amide bonds. The third kappa shape index (κ3) is 1.67. The van der Waals surface area contributed by atoms with Crippen LogP contribution in [0.2, 0.25) is 0 Å². The molecule has 0 aromatic carbocycles.